The minimum atomic E-state index is -0.262. The number of aliphatic hydroxyl groups is 1. The quantitative estimate of drug-likeness (QED) is 0.869. The van der Waals surface area contributed by atoms with Crippen LogP contribution in [0.4, 0.5) is 4.39 Å². The van der Waals surface area contributed by atoms with Gasteiger partial charge >= 0.3 is 0 Å². The molecule has 0 saturated heterocycles. The van der Waals surface area contributed by atoms with Gasteiger partial charge in [-0.1, -0.05) is 30.5 Å². The molecule has 0 radical (unpaired) electrons. The molecular weight excluding hydrogens is 265 g/mol. The third-order valence-electron chi connectivity index (χ3n) is 4.07. The fourth-order valence-electron chi connectivity index (χ4n) is 2.88. The van der Waals surface area contributed by atoms with Gasteiger partial charge in [0, 0.05) is 23.7 Å². The summed E-state index contributed by atoms with van der Waals surface area (Å²) in [5, 5.41) is 13.1. The number of rotatable bonds is 5. The first kappa shape index (κ1) is 14.8. The van der Waals surface area contributed by atoms with Gasteiger partial charge in [-0.2, -0.15) is 0 Å². The maximum absolute atomic E-state index is 13.6. The Morgan fingerprint density at radius 1 is 1.26 bits per heavy atom. The molecule has 2 rings (SSSR count). The van der Waals surface area contributed by atoms with Crippen molar-refractivity contribution in [1.82, 2.24) is 5.32 Å². The molecule has 1 aromatic carbocycles. The Hall–Kier alpha value is -0.640. The first-order valence-electron chi connectivity index (χ1n) is 6.97. The maximum Gasteiger partial charge on any atom is 0.129 e. The second-order valence-corrected chi connectivity index (χ2v) is 5.73. The van der Waals surface area contributed by atoms with Crippen molar-refractivity contribution in [2.24, 2.45) is 11.8 Å². The molecule has 1 aromatic rings. The molecule has 1 fully saturated rings. The zero-order valence-electron chi connectivity index (χ0n) is 11.0. The van der Waals surface area contributed by atoms with E-state index in [1.54, 1.807) is 12.1 Å². The maximum atomic E-state index is 13.6. The van der Waals surface area contributed by atoms with Gasteiger partial charge in [0.25, 0.3) is 0 Å². The summed E-state index contributed by atoms with van der Waals surface area (Å²) in [6, 6.07) is 4.75. The topological polar surface area (TPSA) is 32.3 Å². The van der Waals surface area contributed by atoms with Crippen molar-refractivity contribution in [2.75, 3.05) is 13.2 Å². The van der Waals surface area contributed by atoms with Crippen LogP contribution in [0.2, 0.25) is 5.02 Å². The lowest BCUT2D eigenvalue weighted by molar-refractivity contribution is 0.133. The van der Waals surface area contributed by atoms with Crippen molar-refractivity contribution in [3.63, 3.8) is 0 Å². The highest BCUT2D eigenvalue weighted by atomic mass is 35.5. The van der Waals surface area contributed by atoms with E-state index < -0.39 is 0 Å². The van der Waals surface area contributed by atoms with Crippen LogP contribution in [-0.4, -0.2) is 18.3 Å². The molecule has 0 bridgehead atoms. The van der Waals surface area contributed by atoms with Crippen LogP contribution >= 0.6 is 11.6 Å². The Balaban J connectivity index is 1.86. The molecule has 0 spiro atoms. The zero-order valence-corrected chi connectivity index (χ0v) is 11.8. The molecule has 0 amide bonds. The lowest BCUT2D eigenvalue weighted by atomic mass is 9.79. The first-order chi connectivity index (χ1) is 9.22. The summed E-state index contributed by atoms with van der Waals surface area (Å²) in [5.74, 6) is 0.615. The van der Waals surface area contributed by atoms with Gasteiger partial charge < -0.3 is 10.4 Å². The average Bonchev–Trinajstić information content (AvgIpc) is 2.42. The van der Waals surface area contributed by atoms with Crippen molar-refractivity contribution < 1.29 is 9.50 Å². The normalized spacial score (nSPS) is 23.5. The Labute approximate surface area is 119 Å². The lowest BCUT2D eigenvalue weighted by Gasteiger charge is -2.30. The SMILES string of the molecule is OCC1CCCCC1CNCc1c(F)cccc1Cl. The van der Waals surface area contributed by atoms with Gasteiger partial charge in [-0.25, -0.2) is 4.39 Å². The molecule has 1 aliphatic carbocycles. The summed E-state index contributed by atoms with van der Waals surface area (Å²) in [6.45, 7) is 1.52. The minimum Gasteiger partial charge on any atom is -0.396 e. The van der Waals surface area contributed by atoms with Gasteiger partial charge in [0.1, 0.15) is 5.82 Å². The van der Waals surface area contributed by atoms with E-state index in [9.17, 15) is 9.50 Å². The summed E-state index contributed by atoms with van der Waals surface area (Å²) in [5.41, 5.74) is 0.528. The highest BCUT2D eigenvalue weighted by Gasteiger charge is 2.24. The highest BCUT2D eigenvalue weighted by Crippen LogP contribution is 2.29. The molecule has 0 aliphatic heterocycles. The second kappa shape index (κ2) is 7.22. The minimum absolute atomic E-state index is 0.257. The van der Waals surface area contributed by atoms with Crippen LogP contribution in [0.1, 0.15) is 31.2 Å². The number of aliphatic hydroxyl groups excluding tert-OH is 1. The highest BCUT2D eigenvalue weighted by molar-refractivity contribution is 6.31. The van der Waals surface area contributed by atoms with E-state index in [4.69, 9.17) is 11.6 Å². The summed E-state index contributed by atoms with van der Waals surface area (Å²) >= 11 is 5.99. The molecule has 106 valence electrons. The van der Waals surface area contributed by atoms with E-state index in [0.717, 1.165) is 19.4 Å². The molecule has 1 saturated carbocycles. The molecule has 4 heteroatoms. The Bertz CT molecular complexity index is 393. The van der Waals surface area contributed by atoms with Gasteiger partial charge in [-0.3, -0.25) is 0 Å². The fourth-order valence-corrected chi connectivity index (χ4v) is 3.11. The van der Waals surface area contributed by atoms with Crippen LogP contribution < -0.4 is 5.32 Å². The van der Waals surface area contributed by atoms with Crippen molar-refractivity contribution in [1.29, 1.82) is 0 Å². The fraction of sp³-hybridized carbons (Fsp3) is 0.600. The summed E-state index contributed by atoms with van der Waals surface area (Å²) in [4.78, 5) is 0. The number of halogens is 2. The van der Waals surface area contributed by atoms with Crippen molar-refractivity contribution in [3.05, 3.63) is 34.6 Å². The standard InChI is InChI=1S/C15H21ClFNO/c16-14-6-3-7-15(17)13(14)9-18-8-11-4-1-2-5-12(11)10-19/h3,6-7,11-12,18-19H,1-2,4-5,8-10H2. The molecule has 2 N–H and O–H groups in total. The van der Waals surface area contributed by atoms with E-state index >= 15 is 0 Å². The second-order valence-electron chi connectivity index (χ2n) is 5.32. The Morgan fingerprint density at radius 3 is 2.68 bits per heavy atom. The molecule has 2 atom stereocenters. The largest absolute Gasteiger partial charge is 0.396 e. The third-order valence-corrected chi connectivity index (χ3v) is 4.43. The summed E-state index contributed by atoms with van der Waals surface area (Å²) < 4.78 is 13.6. The number of nitrogens with one attached hydrogen (secondary N) is 1. The Kier molecular flexibility index (Phi) is 5.61. The predicted octanol–water partition coefficient (Wildman–Crippen LogP) is 3.37. The third kappa shape index (κ3) is 3.91. The van der Waals surface area contributed by atoms with Crippen LogP contribution in [-0.2, 0) is 6.54 Å². The molecular formula is C15H21ClFNO. The van der Waals surface area contributed by atoms with Crippen LogP contribution in [0, 0.1) is 17.7 Å². The molecule has 0 heterocycles. The number of benzene rings is 1. The van der Waals surface area contributed by atoms with Crippen LogP contribution in [0.15, 0.2) is 18.2 Å². The molecule has 1 aliphatic rings. The van der Waals surface area contributed by atoms with E-state index in [0.29, 0.717) is 29.0 Å². The van der Waals surface area contributed by atoms with Gasteiger partial charge in [-0.15, -0.1) is 0 Å². The first-order valence-corrected chi connectivity index (χ1v) is 7.34. The van der Waals surface area contributed by atoms with Gasteiger partial charge in [0.2, 0.25) is 0 Å². The summed E-state index contributed by atoms with van der Waals surface area (Å²) in [7, 11) is 0. The van der Waals surface area contributed by atoms with Crippen molar-refractivity contribution >= 4 is 11.6 Å². The predicted molar refractivity (Wildman–Crippen MR) is 75.7 cm³/mol. The number of hydrogen-bond donors (Lipinski definition) is 2. The smallest absolute Gasteiger partial charge is 0.129 e. The molecule has 2 unspecified atom stereocenters. The number of hydrogen-bond acceptors (Lipinski definition) is 2. The lowest BCUT2D eigenvalue weighted by Crippen LogP contribution is -2.32. The van der Waals surface area contributed by atoms with E-state index in [-0.39, 0.29) is 12.4 Å². The summed E-state index contributed by atoms with van der Waals surface area (Å²) in [6.07, 6.45) is 4.68. The Morgan fingerprint density at radius 2 is 2.00 bits per heavy atom. The van der Waals surface area contributed by atoms with Crippen molar-refractivity contribution in [3.8, 4) is 0 Å². The van der Waals surface area contributed by atoms with Crippen LogP contribution in [0.5, 0.6) is 0 Å². The van der Waals surface area contributed by atoms with Gasteiger partial charge in [0.05, 0.1) is 0 Å². The van der Waals surface area contributed by atoms with Crippen LogP contribution in [0.3, 0.4) is 0 Å². The van der Waals surface area contributed by atoms with Gasteiger partial charge in [0.15, 0.2) is 0 Å². The van der Waals surface area contributed by atoms with Gasteiger partial charge in [-0.05, 0) is 43.4 Å². The van der Waals surface area contributed by atoms with E-state index in [1.807, 2.05) is 0 Å². The van der Waals surface area contributed by atoms with Crippen LogP contribution in [0.25, 0.3) is 0 Å². The monoisotopic (exact) mass is 285 g/mol. The molecule has 0 aromatic heterocycles. The van der Waals surface area contributed by atoms with E-state index in [1.165, 1.54) is 18.9 Å². The average molecular weight is 286 g/mol. The zero-order chi connectivity index (χ0) is 13.7. The molecule has 19 heavy (non-hydrogen) atoms. The van der Waals surface area contributed by atoms with E-state index in [2.05, 4.69) is 5.32 Å². The van der Waals surface area contributed by atoms with Crippen molar-refractivity contribution in [2.45, 2.75) is 32.2 Å². The molecule has 2 nitrogen and oxygen atoms in total.